The van der Waals surface area contributed by atoms with Crippen molar-refractivity contribution in [1.29, 1.82) is 0 Å². The Bertz CT molecular complexity index is 730. The second-order valence-corrected chi connectivity index (χ2v) is 6.18. The fourth-order valence-corrected chi connectivity index (χ4v) is 3.80. The van der Waals surface area contributed by atoms with Gasteiger partial charge >= 0.3 is 0 Å². The number of rotatable bonds is 1. The van der Waals surface area contributed by atoms with Crippen molar-refractivity contribution < 1.29 is 4.84 Å². The lowest BCUT2D eigenvalue weighted by atomic mass is 9.81. The Morgan fingerprint density at radius 3 is 3.00 bits per heavy atom. The molecule has 2 aromatic rings. The molecule has 3 fully saturated rings. The smallest absolute Gasteiger partial charge is 0.202 e. The largest absolute Gasteiger partial charge is 0.298 e. The number of pyridine rings is 1. The number of amidine groups is 1. The number of piperidine rings is 3. The predicted molar refractivity (Wildman–Crippen MR) is 77.8 cm³/mol. The lowest BCUT2D eigenvalue weighted by Gasteiger charge is -2.47. The topological polar surface area (TPSA) is 54.2 Å². The van der Waals surface area contributed by atoms with Crippen molar-refractivity contribution >= 4 is 11.4 Å². The Morgan fingerprint density at radius 2 is 2.19 bits per heavy atom. The van der Waals surface area contributed by atoms with E-state index in [1.54, 1.807) is 6.20 Å². The zero-order valence-corrected chi connectivity index (χ0v) is 11.7. The SMILES string of the molecule is c1cc2cc(C3=N[C@@]4(CN5CCC4CC5)ON3)ccn2n1. The Morgan fingerprint density at radius 1 is 1.29 bits per heavy atom. The van der Waals surface area contributed by atoms with E-state index in [9.17, 15) is 0 Å². The number of nitrogens with one attached hydrogen (secondary N) is 1. The summed E-state index contributed by atoms with van der Waals surface area (Å²) in [6, 6.07) is 6.10. The van der Waals surface area contributed by atoms with Gasteiger partial charge in [-0.1, -0.05) is 0 Å². The lowest BCUT2D eigenvalue weighted by molar-refractivity contribution is -0.155. The van der Waals surface area contributed by atoms with Crippen molar-refractivity contribution in [2.75, 3.05) is 19.6 Å². The molecule has 1 atom stereocenters. The monoisotopic (exact) mass is 283 g/mol. The van der Waals surface area contributed by atoms with Gasteiger partial charge < -0.3 is 0 Å². The maximum Gasteiger partial charge on any atom is 0.202 e. The second kappa shape index (κ2) is 4.05. The quantitative estimate of drug-likeness (QED) is 0.849. The molecule has 6 nitrogen and oxygen atoms in total. The molecule has 6 heteroatoms. The molecule has 2 bridgehead atoms. The van der Waals surface area contributed by atoms with E-state index in [-0.39, 0.29) is 5.72 Å². The minimum Gasteiger partial charge on any atom is -0.298 e. The van der Waals surface area contributed by atoms with Crippen molar-refractivity contribution in [1.82, 2.24) is 20.0 Å². The molecule has 2 aromatic heterocycles. The van der Waals surface area contributed by atoms with Gasteiger partial charge in [0, 0.05) is 23.9 Å². The molecule has 0 radical (unpaired) electrons. The number of nitrogens with zero attached hydrogens (tertiary/aromatic N) is 4. The molecule has 0 amide bonds. The Labute approximate surface area is 122 Å². The number of hydrogen-bond acceptors (Lipinski definition) is 5. The lowest BCUT2D eigenvalue weighted by Crippen LogP contribution is -2.58. The summed E-state index contributed by atoms with van der Waals surface area (Å²) in [7, 11) is 0. The van der Waals surface area contributed by atoms with Crippen molar-refractivity contribution in [3.8, 4) is 0 Å². The van der Waals surface area contributed by atoms with Crippen LogP contribution in [0.2, 0.25) is 0 Å². The van der Waals surface area contributed by atoms with Crippen LogP contribution in [0.25, 0.3) is 5.52 Å². The average Bonchev–Trinajstić information content (AvgIpc) is 3.15. The van der Waals surface area contributed by atoms with Crippen LogP contribution in [0.1, 0.15) is 18.4 Å². The summed E-state index contributed by atoms with van der Waals surface area (Å²) in [5.41, 5.74) is 4.81. The van der Waals surface area contributed by atoms with E-state index in [1.807, 2.05) is 22.8 Å². The molecule has 108 valence electrons. The summed E-state index contributed by atoms with van der Waals surface area (Å²) in [4.78, 5) is 13.3. The van der Waals surface area contributed by atoms with Crippen LogP contribution in [-0.2, 0) is 4.84 Å². The van der Waals surface area contributed by atoms with E-state index in [2.05, 4.69) is 21.5 Å². The number of aliphatic imine (C=N–C) groups is 1. The second-order valence-electron chi connectivity index (χ2n) is 6.18. The Balaban J connectivity index is 1.53. The third-order valence-corrected chi connectivity index (χ3v) is 4.97. The normalized spacial score (nSPS) is 34.4. The molecule has 4 aliphatic heterocycles. The summed E-state index contributed by atoms with van der Waals surface area (Å²) in [6.45, 7) is 3.27. The first-order chi connectivity index (χ1) is 10.3. The number of aromatic nitrogens is 2. The van der Waals surface area contributed by atoms with Gasteiger partial charge in [0.15, 0.2) is 5.84 Å². The van der Waals surface area contributed by atoms with Gasteiger partial charge in [-0.2, -0.15) is 5.10 Å². The average molecular weight is 283 g/mol. The number of hydrogen-bond donors (Lipinski definition) is 1. The molecule has 0 unspecified atom stereocenters. The van der Waals surface area contributed by atoms with Gasteiger partial charge in [-0.3, -0.25) is 4.90 Å². The highest BCUT2D eigenvalue weighted by molar-refractivity contribution is 6.00. The van der Waals surface area contributed by atoms with E-state index in [0.29, 0.717) is 5.92 Å². The highest BCUT2D eigenvalue weighted by Gasteiger charge is 2.51. The molecule has 1 N–H and O–H groups in total. The van der Waals surface area contributed by atoms with Gasteiger partial charge in [-0.25, -0.2) is 19.8 Å². The van der Waals surface area contributed by atoms with Gasteiger partial charge in [0.25, 0.3) is 0 Å². The molecule has 0 aliphatic carbocycles. The van der Waals surface area contributed by atoms with E-state index in [0.717, 1.165) is 23.5 Å². The first kappa shape index (κ1) is 11.7. The van der Waals surface area contributed by atoms with Gasteiger partial charge in [0.2, 0.25) is 5.72 Å². The highest BCUT2D eigenvalue weighted by atomic mass is 16.7. The highest BCUT2D eigenvalue weighted by Crippen LogP contribution is 2.40. The van der Waals surface area contributed by atoms with Gasteiger partial charge in [0.1, 0.15) is 0 Å². The van der Waals surface area contributed by atoms with Gasteiger partial charge in [0.05, 0.1) is 12.1 Å². The van der Waals surface area contributed by atoms with Crippen molar-refractivity contribution in [2.24, 2.45) is 10.9 Å². The Hall–Kier alpha value is -1.92. The number of fused-ring (bicyclic) bond motifs is 3. The molecule has 6 rings (SSSR count). The van der Waals surface area contributed by atoms with Gasteiger partial charge in [-0.05, 0) is 44.1 Å². The molecule has 6 heterocycles. The van der Waals surface area contributed by atoms with E-state index >= 15 is 0 Å². The third-order valence-electron chi connectivity index (χ3n) is 4.97. The van der Waals surface area contributed by atoms with Crippen LogP contribution in [-0.4, -0.2) is 45.7 Å². The maximum absolute atomic E-state index is 5.96. The van der Waals surface area contributed by atoms with E-state index < -0.39 is 0 Å². The molecule has 0 aromatic carbocycles. The van der Waals surface area contributed by atoms with Crippen LogP contribution in [0.5, 0.6) is 0 Å². The first-order valence-corrected chi connectivity index (χ1v) is 7.52. The summed E-state index contributed by atoms with van der Waals surface area (Å²) < 4.78 is 1.85. The van der Waals surface area contributed by atoms with Crippen molar-refractivity contribution in [2.45, 2.75) is 18.6 Å². The molecule has 1 spiro atoms. The third kappa shape index (κ3) is 1.66. The number of hydroxylamine groups is 1. The zero-order valence-electron chi connectivity index (χ0n) is 11.7. The van der Waals surface area contributed by atoms with Crippen LogP contribution < -0.4 is 5.48 Å². The van der Waals surface area contributed by atoms with Crippen LogP contribution in [0.15, 0.2) is 35.6 Å². The maximum atomic E-state index is 5.96. The molecule has 0 saturated carbocycles. The molecular formula is C15H17N5O. The summed E-state index contributed by atoms with van der Waals surface area (Å²) in [6.07, 6.45) is 6.12. The summed E-state index contributed by atoms with van der Waals surface area (Å²) in [5, 5.41) is 4.22. The molecular weight excluding hydrogens is 266 g/mol. The van der Waals surface area contributed by atoms with Crippen LogP contribution >= 0.6 is 0 Å². The van der Waals surface area contributed by atoms with Crippen molar-refractivity contribution in [3.63, 3.8) is 0 Å². The van der Waals surface area contributed by atoms with Crippen LogP contribution in [0.3, 0.4) is 0 Å². The van der Waals surface area contributed by atoms with Crippen LogP contribution in [0.4, 0.5) is 0 Å². The zero-order chi connectivity index (χ0) is 13.9. The predicted octanol–water partition coefficient (Wildman–Crippen LogP) is 1.04. The van der Waals surface area contributed by atoms with E-state index in [4.69, 9.17) is 9.83 Å². The van der Waals surface area contributed by atoms with E-state index in [1.165, 1.54) is 25.9 Å². The molecule has 21 heavy (non-hydrogen) atoms. The first-order valence-electron chi connectivity index (χ1n) is 7.52. The standard InChI is InChI=1S/C15H17N5O/c1-5-16-20-8-2-11(9-13(1)20)14-17-15(21-18-14)10-19-6-3-12(15)4-7-19/h1-2,5,8-9,12H,3-4,6-7,10H2,(H,17,18)/t15-/m0/s1. The minimum atomic E-state index is -0.377. The molecule has 4 aliphatic rings. The Kier molecular flexibility index (Phi) is 2.26. The fourth-order valence-electron chi connectivity index (χ4n) is 3.80. The molecule has 3 saturated heterocycles. The summed E-state index contributed by atoms with van der Waals surface area (Å²) >= 11 is 0. The van der Waals surface area contributed by atoms with Crippen LogP contribution in [0, 0.1) is 5.92 Å². The van der Waals surface area contributed by atoms with Gasteiger partial charge in [-0.15, -0.1) is 0 Å². The summed E-state index contributed by atoms with van der Waals surface area (Å²) in [5.74, 6) is 1.37. The fraction of sp³-hybridized carbons (Fsp3) is 0.467. The van der Waals surface area contributed by atoms with Crippen molar-refractivity contribution in [3.05, 3.63) is 36.2 Å². The minimum absolute atomic E-state index is 0.377.